The number of fused-ring (bicyclic) bond motifs is 1. The van der Waals surface area contributed by atoms with Crippen molar-refractivity contribution in [2.45, 2.75) is 32.1 Å². The quantitative estimate of drug-likeness (QED) is 0.309. The molecule has 34 heavy (non-hydrogen) atoms. The fourth-order valence-corrected chi connectivity index (χ4v) is 5.98. The number of aromatic hydroxyl groups is 2. The van der Waals surface area contributed by atoms with Crippen molar-refractivity contribution in [3.63, 3.8) is 0 Å². The van der Waals surface area contributed by atoms with Crippen molar-refractivity contribution in [3.05, 3.63) is 77.9 Å². The van der Waals surface area contributed by atoms with Crippen molar-refractivity contribution in [1.29, 1.82) is 0 Å². The Hall–Kier alpha value is -3.02. The van der Waals surface area contributed by atoms with Gasteiger partial charge < -0.3 is 14.9 Å². The third kappa shape index (κ3) is 5.37. The van der Waals surface area contributed by atoms with Crippen LogP contribution in [0, 0.1) is 0 Å². The van der Waals surface area contributed by atoms with Crippen LogP contribution in [0.15, 0.2) is 66.7 Å². The number of thiophene rings is 1. The minimum atomic E-state index is 0.260. The zero-order chi connectivity index (χ0) is 23.3. The van der Waals surface area contributed by atoms with E-state index in [9.17, 15) is 10.2 Å². The molecule has 1 saturated heterocycles. The first kappa shape index (κ1) is 22.8. The maximum absolute atomic E-state index is 9.98. The molecule has 5 rings (SSSR count). The van der Waals surface area contributed by atoms with E-state index in [1.165, 1.54) is 54.8 Å². The van der Waals surface area contributed by atoms with Crippen molar-refractivity contribution in [1.82, 2.24) is 4.90 Å². The van der Waals surface area contributed by atoms with Gasteiger partial charge in [0.2, 0.25) is 0 Å². The second-order valence-corrected chi connectivity index (χ2v) is 10.1. The maximum Gasteiger partial charge on any atom is 0.119 e. The molecule has 176 valence electrons. The topological polar surface area (TPSA) is 52.9 Å². The summed E-state index contributed by atoms with van der Waals surface area (Å²) in [7, 11) is 0. The number of hydrogen-bond donors (Lipinski definition) is 2. The number of rotatable bonds is 7. The van der Waals surface area contributed by atoms with Crippen LogP contribution in [-0.2, 0) is 6.42 Å². The molecule has 0 amide bonds. The lowest BCUT2D eigenvalue weighted by atomic mass is 9.99. The summed E-state index contributed by atoms with van der Waals surface area (Å²) in [5.41, 5.74) is 3.52. The van der Waals surface area contributed by atoms with Gasteiger partial charge in [-0.2, -0.15) is 0 Å². The first-order valence-corrected chi connectivity index (χ1v) is 13.0. The van der Waals surface area contributed by atoms with Gasteiger partial charge in [0, 0.05) is 16.1 Å². The highest BCUT2D eigenvalue weighted by Crippen LogP contribution is 2.41. The number of phenolic OH excluding ortho intramolecular Hbond substituents is 2. The molecule has 4 nitrogen and oxygen atoms in total. The largest absolute Gasteiger partial charge is 0.508 e. The first-order chi connectivity index (χ1) is 16.7. The van der Waals surface area contributed by atoms with Gasteiger partial charge in [-0.1, -0.05) is 25.0 Å². The van der Waals surface area contributed by atoms with Crippen LogP contribution in [0.1, 0.15) is 36.8 Å². The third-order valence-electron chi connectivity index (χ3n) is 6.59. The summed E-state index contributed by atoms with van der Waals surface area (Å²) < 4.78 is 7.10. The first-order valence-electron chi connectivity index (χ1n) is 12.1. The van der Waals surface area contributed by atoms with Gasteiger partial charge >= 0.3 is 0 Å². The SMILES string of the molecule is Oc1ccc(-c2sc3cc(O)ccc3c2Cc2ccc(OCCN3CCCCCC3)cc2)cc1. The van der Waals surface area contributed by atoms with Crippen molar-refractivity contribution < 1.29 is 14.9 Å². The lowest BCUT2D eigenvalue weighted by Gasteiger charge is -2.19. The summed E-state index contributed by atoms with van der Waals surface area (Å²) in [6, 6.07) is 21.3. The van der Waals surface area contributed by atoms with Gasteiger partial charge in [0.1, 0.15) is 23.9 Å². The van der Waals surface area contributed by atoms with Crippen molar-refractivity contribution in [3.8, 4) is 27.7 Å². The summed E-state index contributed by atoms with van der Waals surface area (Å²) in [5.74, 6) is 1.45. The molecule has 0 atom stereocenters. The average molecular weight is 474 g/mol. The van der Waals surface area contributed by atoms with Crippen molar-refractivity contribution >= 4 is 21.4 Å². The van der Waals surface area contributed by atoms with E-state index in [4.69, 9.17) is 4.74 Å². The van der Waals surface area contributed by atoms with Crippen LogP contribution in [0.4, 0.5) is 0 Å². The highest BCUT2D eigenvalue weighted by molar-refractivity contribution is 7.22. The normalized spacial score (nSPS) is 14.8. The van der Waals surface area contributed by atoms with E-state index >= 15 is 0 Å². The molecule has 3 aromatic carbocycles. The Balaban J connectivity index is 1.31. The summed E-state index contributed by atoms with van der Waals surface area (Å²) in [4.78, 5) is 3.68. The third-order valence-corrected chi connectivity index (χ3v) is 7.83. The van der Waals surface area contributed by atoms with Crippen molar-refractivity contribution in [2.24, 2.45) is 0 Å². The highest BCUT2D eigenvalue weighted by atomic mass is 32.1. The number of phenols is 2. The lowest BCUT2D eigenvalue weighted by molar-refractivity contribution is 0.214. The molecule has 1 fully saturated rings. The molecule has 2 N–H and O–H groups in total. The van der Waals surface area contributed by atoms with Gasteiger partial charge in [-0.15, -0.1) is 11.3 Å². The average Bonchev–Trinajstić information content (AvgIpc) is 3.00. The molecule has 0 unspecified atom stereocenters. The zero-order valence-electron chi connectivity index (χ0n) is 19.4. The van der Waals surface area contributed by atoms with Gasteiger partial charge in [0.25, 0.3) is 0 Å². The van der Waals surface area contributed by atoms with Gasteiger partial charge in [-0.3, -0.25) is 4.90 Å². The van der Waals surface area contributed by atoms with Gasteiger partial charge in [-0.05, 0) is 109 Å². The Morgan fingerprint density at radius 3 is 2.24 bits per heavy atom. The Morgan fingerprint density at radius 2 is 1.50 bits per heavy atom. The summed E-state index contributed by atoms with van der Waals surface area (Å²) in [6.45, 7) is 4.10. The van der Waals surface area contributed by atoms with Crippen LogP contribution in [-0.4, -0.2) is 41.4 Å². The zero-order valence-corrected chi connectivity index (χ0v) is 20.2. The number of nitrogens with zero attached hydrogens (tertiary/aromatic N) is 1. The number of ether oxygens (including phenoxy) is 1. The Labute approximate surface area is 205 Å². The summed E-state index contributed by atoms with van der Waals surface area (Å²) in [6.07, 6.45) is 6.10. The molecule has 5 heteroatoms. The fourth-order valence-electron chi connectivity index (χ4n) is 4.72. The van der Waals surface area contributed by atoms with E-state index < -0.39 is 0 Å². The lowest BCUT2D eigenvalue weighted by Crippen LogP contribution is -2.29. The van der Waals surface area contributed by atoms with Gasteiger partial charge in [0.05, 0.1) is 0 Å². The standard InChI is InChI=1S/C29H31NO3S/c31-23-9-7-22(8-10-23)29-27(26-14-11-24(32)20-28(26)34-29)19-21-5-12-25(13-6-21)33-18-17-30-15-3-1-2-4-16-30/h5-14,20,31-32H,1-4,15-19H2. The molecule has 4 aromatic rings. The molecule has 1 aromatic heterocycles. The molecule has 0 aliphatic carbocycles. The minimum absolute atomic E-state index is 0.260. The molecule has 0 radical (unpaired) electrons. The summed E-state index contributed by atoms with van der Waals surface area (Å²) >= 11 is 1.67. The van der Waals surface area contributed by atoms with E-state index in [0.29, 0.717) is 0 Å². The van der Waals surface area contributed by atoms with Crippen LogP contribution in [0.3, 0.4) is 0 Å². The molecular weight excluding hydrogens is 442 g/mol. The van der Waals surface area contributed by atoms with E-state index in [1.807, 2.05) is 24.3 Å². The van der Waals surface area contributed by atoms with E-state index in [-0.39, 0.29) is 11.5 Å². The van der Waals surface area contributed by atoms with E-state index in [2.05, 4.69) is 29.2 Å². The van der Waals surface area contributed by atoms with Crippen LogP contribution >= 0.6 is 11.3 Å². The van der Waals surface area contributed by atoms with E-state index in [0.717, 1.165) is 41.0 Å². The Kier molecular flexibility index (Phi) is 7.02. The van der Waals surface area contributed by atoms with Gasteiger partial charge in [-0.25, -0.2) is 0 Å². The van der Waals surface area contributed by atoms with Crippen LogP contribution in [0.2, 0.25) is 0 Å². The second-order valence-electron chi connectivity index (χ2n) is 9.06. The fraction of sp³-hybridized carbons (Fsp3) is 0.310. The molecule has 1 aliphatic heterocycles. The maximum atomic E-state index is 9.98. The number of likely N-dealkylation sites (tertiary alicyclic amines) is 1. The molecular formula is C29H31NO3S. The molecule has 0 bridgehead atoms. The van der Waals surface area contributed by atoms with Crippen LogP contribution in [0.25, 0.3) is 20.5 Å². The highest BCUT2D eigenvalue weighted by Gasteiger charge is 2.15. The molecule has 0 spiro atoms. The molecule has 0 saturated carbocycles. The van der Waals surface area contributed by atoms with Crippen molar-refractivity contribution in [2.75, 3.05) is 26.2 Å². The van der Waals surface area contributed by atoms with Crippen LogP contribution in [0.5, 0.6) is 17.2 Å². The molecule has 1 aliphatic rings. The van der Waals surface area contributed by atoms with E-state index in [1.54, 1.807) is 29.5 Å². The Morgan fingerprint density at radius 1 is 0.794 bits per heavy atom. The predicted octanol–water partition coefficient (Wildman–Crippen LogP) is 6.83. The summed E-state index contributed by atoms with van der Waals surface area (Å²) in [5, 5.41) is 20.9. The molecule has 2 heterocycles. The minimum Gasteiger partial charge on any atom is -0.508 e. The number of hydrogen-bond acceptors (Lipinski definition) is 5. The second kappa shape index (κ2) is 10.5. The van der Waals surface area contributed by atoms with Crippen LogP contribution < -0.4 is 4.74 Å². The number of benzene rings is 3. The predicted molar refractivity (Wildman–Crippen MR) is 140 cm³/mol. The smallest absolute Gasteiger partial charge is 0.119 e. The monoisotopic (exact) mass is 473 g/mol. The van der Waals surface area contributed by atoms with Gasteiger partial charge in [0.15, 0.2) is 0 Å². The Bertz CT molecular complexity index is 1220.